The zero-order valence-electron chi connectivity index (χ0n) is 14.4. The van der Waals surface area contributed by atoms with Crippen molar-refractivity contribution in [3.63, 3.8) is 0 Å². The van der Waals surface area contributed by atoms with Gasteiger partial charge in [0.25, 0.3) is 0 Å². The lowest BCUT2D eigenvalue weighted by Gasteiger charge is -2.42. The van der Waals surface area contributed by atoms with Crippen molar-refractivity contribution >= 4 is 0 Å². The fourth-order valence-electron chi connectivity index (χ4n) is 4.57. The van der Waals surface area contributed by atoms with Crippen LogP contribution in [0.3, 0.4) is 0 Å². The highest BCUT2D eigenvalue weighted by atomic mass is 14.9. The topological polar surface area (TPSA) is 12.0 Å². The zero-order valence-corrected chi connectivity index (χ0v) is 14.4. The quantitative estimate of drug-likeness (QED) is 0.727. The molecule has 2 aliphatic rings. The minimum absolute atomic E-state index is 0.470. The van der Waals surface area contributed by atoms with Gasteiger partial charge in [-0.25, -0.2) is 0 Å². The minimum Gasteiger partial charge on any atom is -0.313 e. The average Bonchev–Trinajstić information content (AvgIpc) is 2.45. The molecular formula is C19H37N. The number of rotatable bonds is 4. The van der Waals surface area contributed by atoms with Crippen LogP contribution in [0.2, 0.25) is 0 Å². The third-order valence-electron chi connectivity index (χ3n) is 6.09. The Morgan fingerprint density at radius 3 is 2.05 bits per heavy atom. The summed E-state index contributed by atoms with van der Waals surface area (Å²) in [7, 11) is 0. The molecule has 20 heavy (non-hydrogen) atoms. The molecular weight excluding hydrogens is 242 g/mol. The molecule has 0 heterocycles. The van der Waals surface area contributed by atoms with Crippen LogP contribution < -0.4 is 5.32 Å². The minimum atomic E-state index is 0.470. The van der Waals surface area contributed by atoms with Crippen molar-refractivity contribution in [2.75, 3.05) is 6.54 Å². The first kappa shape index (κ1) is 16.3. The Balaban J connectivity index is 1.77. The summed E-state index contributed by atoms with van der Waals surface area (Å²) in [4.78, 5) is 0. The molecule has 0 bridgehead atoms. The van der Waals surface area contributed by atoms with Crippen molar-refractivity contribution in [2.45, 2.75) is 91.5 Å². The fourth-order valence-corrected chi connectivity index (χ4v) is 4.57. The summed E-state index contributed by atoms with van der Waals surface area (Å²) in [5.41, 5.74) is 0.470. The molecule has 0 saturated heterocycles. The molecule has 2 rings (SSSR count). The van der Waals surface area contributed by atoms with Gasteiger partial charge < -0.3 is 5.32 Å². The van der Waals surface area contributed by atoms with E-state index in [-0.39, 0.29) is 0 Å². The first-order valence-corrected chi connectivity index (χ1v) is 9.24. The summed E-state index contributed by atoms with van der Waals surface area (Å²) in [5, 5.41) is 3.98. The molecule has 118 valence electrons. The van der Waals surface area contributed by atoms with E-state index in [4.69, 9.17) is 0 Å². The van der Waals surface area contributed by atoms with Crippen molar-refractivity contribution in [1.29, 1.82) is 0 Å². The molecule has 0 aliphatic heterocycles. The Kier molecular flexibility index (Phi) is 5.95. The molecule has 0 aromatic carbocycles. The highest BCUT2D eigenvalue weighted by molar-refractivity contribution is 4.89. The first-order valence-electron chi connectivity index (χ1n) is 9.24. The van der Waals surface area contributed by atoms with E-state index in [9.17, 15) is 0 Å². The Hall–Kier alpha value is -0.0400. The Morgan fingerprint density at radius 1 is 0.850 bits per heavy atom. The summed E-state index contributed by atoms with van der Waals surface area (Å²) in [6.45, 7) is 10.9. The van der Waals surface area contributed by atoms with Gasteiger partial charge in [0.05, 0.1) is 0 Å². The van der Waals surface area contributed by atoms with E-state index in [2.05, 4.69) is 33.0 Å². The van der Waals surface area contributed by atoms with Crippen LogP contribution in [-0.4, -0.2) is 12.6 Å². The van der Waals surface area contributed by atoms with Gasteiger partial charge in [0.15, 0.2) is 0 Å². The monoisotopic (exact) mass is 279 g/mol. The van der Waals surface area contributed by atoms with Gasteiger partial charge in [0.2, 0.25) is 0 Å². The van der Waals surface area contributed by atoms with Gasteiger partial charge in [0, 0.05) is 6.04 Å². The van der Waals surface area contributed by atoms with E-state index in [1.165, 1.54) is 64.3 Å². The second-order valence-corrected chi connectivity index (χ2v) is 8.57. The molecule has 1 nitrogen and oxygen atoms in total. The van der Waals surface area contributed by atoms with Crippen LogP contribution in [-0.2, 0) is 0 Å². The fraction of sp³-hybridized carbons (Fsp3) is 1.00. The van der Waals surface area contributed by atoms with E-state index in [1.807, 2.05) is 0 Å². The van der Waals surface area contributed by atoms with Gasteiger partial charge in [-0.1, -0.05) is 59.8 Å². The summed E-state index contributed by atoms with van der Waals surface area (Å²) in [6, 6.07) is 0.785. The molecule has 1 heteroatoms. The Labute approximate surface area is 127 Å². The average molecular weight is 280 g/mol. The van der Waals surface area contributed by atoms with E-state index in [0.29, 0.717) is 5.41 Å². The van der Waals surface area contributed by atoms with Gasteiger partial charge in [-0.05, 0) is 55.4 Å². The van der Waals surface area contributed by atoms with Gasteiger partial charge in [-0.2, -0.15) is 0 Å². The van der Waals surface area contributed by atoms with Crippen molar-refractivity contribution in [1.82, 2.24) is 5.32 Å². The molecule has 0 radical (unpaired) electrons. The van der Waals surface area contributed by atoms with Crippen LogP contribution in [0, 0.1) is 23.2 Å². The van der Waals surface area contributed by atoms with Crippen LogP contribution >= 0.6 is 0 Å². The Bertz CT molecular complexity index is 270. The van der Waals surface area contributed by atoms with Crippen molar-refractivity contribution < 1.29 is 0 Å². The third kappa shape index (κ3) is 4.48. The maximum atomic E-state index is 3.98. The van der Waals surface area contributed by atoms with Crippen LogP contribution in [0.1, 0.15) is 85.5 Å². The molecule has 0 amide bonds. The second-order valence-electron chi connectivity index (χ2n) is 8.57. The van der Waals surface area contributed by atoms with E-state index >= 15 is 0 Å². The SMILES string of the molecule is CCC1CCC(CNC2CCCCC2C(C)(C)C)CC1. The normalized spacial score (nSPS) is 36.0. The van der Waals surface area contributed by atoms with Gasteiger partial charge in [-0.15, -0.1) is 0 Å². The molecule has 2 aliphatic carbocycles. The molecule has 0 aromatic rings. The molecule has 1 N–H and O–H groups in total. The van der Waals surface area contributed by atoms with Crippen molar-refractivity contribution in [3.8, 4) is 0 Å². The molecule has 0 spiro atoms. The third-order valence-corrected chi connectivity index (χ3v) is 6.09. The Morgan fingerprint density at radius 2 is 1.45 bits per heavy atom. The zero-order chi connectivity index (χ0) is 14.6. The van der Waals surface area contributed by atoms with E-state index in [1.54, 1.807) is 0 Å². The lowest BCUT2D eigenvalue weighted by atomic mass is 9.69. The highest BCUT2D eigenvalue weighted by Gasteiger charge is 2.34. The molecule has 2 atom stereocenters. The standard InChI is InChI=1S/C19H37N/c1-5-15-10-12-16(13-11-15)14-20-18-9-7-6-8-17(18)19(2,3)4/h15-18,20H,5-14H2,1-4H3. The summed E-state index contributed by atoms with van der Waals surface area (Å²) in [6.07, 6.45) is 13.0. The van der Waals surface area contributed by atoms with Crippen LogP contribution in [0.15, 0.2) is 0 Å². The maximum Gasteiger partial charge on any atom is 0.0100 e. The summed E-state index contributed by atoms with van der Waals surface area (Å²) in [5.74, 6) is 2.87. The second kappa shape index (κ2) is 7.29. The summed E-state index contributed by atoms with van der Waals surface area (Å²) >= 11 is 0. The molecule has 0 aromatic heterocycles. The van der Waals surface area contributed by atoms with Gasteiger partial charge in [0.1, 0.15) is 0 Å². The lowest BCUT2D eigenvalue weighted by molar-refractivity contribution is 0.124. The molecule has 2 saturated carbocycles. The first-order chi connectivity index (χ1) is 9.50. The van der Waals surface area contributed by atoms with Crippen LogP contribution in [0.5, 0.6) is 0 Å². The lowest BCUT2D eigenvalue weighted by Crippen LogP contribution is -2.46. The molecule has 2 unspecified atom stereocenters. The maximum absolute atomic E-state index is 3.98. The highest BCUT2D eigenvalue weighted by Crippen LogP contribution is 2.38. The largest absolute Gasteiger partial charge is 0.313 e. The van der Waals surface area contributed by atoms with E-state index < -0.39 is 0 Å². The van der Waals surface area contributed by atoms with Crippen LogP contribution in [0.25, 0.3) is 0 Å². The van der Waals surface area contributed by atoms with Crippen LogP contribution in [0.4, 0.5) is 0 Å². The van der Waals surface area contributed by atoms with Gasteiger partial charge in [-0.3, -0.25) is 0 Å². The number of hydrogen-bond acceptors (Lipinski definition) is 1. The van der Waals surface area contributed by atoms with Crippen molar-refractivity contribution in [2.24, 2.45) is 23.2 Å². The molecule has 2 fully saturated rings. The summed E-state index contributed by atoms with van der Waals surface area (Å²) < 4.78 is 0. The predicted octanol–water partition coefficient (Wildman–Crippen LogP) is 5.40. The van der Waals surface area contributed by atoms with Gasteiger partial charge >= 0.3 is 0 Å². The smallest absolute Gasteiger partial charge is 0.0100 e. The van der Waals surface area contributed by atoms with Crippen molar-refractivity contribution in [3.05, 3.63) is 0 Å². The number of hydrogen-bond donors (Lipinski definition) is 1. The predicted molar refractivity (Wildman–Crippen MR) is 88.9 cm³/mol. The number of nitrogens with one attached hydrogen (secondary N) is 1. The van der Waals surface area contributed by atoms with E-state index in [0.717, 1.165) is 23.8 Å².